The first-order chi connectivity index (χ1) is 13.0. The van der Waals surface area contributed by atoms with Gasteiger partial charge in [-0.3, -0.25) is 25.0 Å². The molecule has 182 valence electrons. The van der Waals surface area contributed by atoms with Gasteiger partial charge in [0.05, 0.1) is 16.4 Å². The van der Waals surface area contributed by atoms with Crippen LogP contribution in [-0.2, 0) is 4.79 Å². The maximum absolute atomic E-state index is 10.4. The molecule has 0 heterocycles. The van der Waals surface area contributed by atoms with Gasteiger partial charge < -0.3 is 11.5 Å². The fraction of sp³-hybridized carbons (Fsp3) is 0.714. The molecule has 0 saturated heterocycles. The van der Waals surface area contributed by atoms with E-state index >= 15 is 0 Å². The first kappa shape index (κ1) is 45.4. The minimum atomic E-state index is -0.830. The molecule has 0 bridgehead atoms. The van der Waals surface area contributed by atoms with E-state index < -0.39 is 20.7 Å². The van der Waals surface area contributed by atoms with Crippen molar-refractivity contribution in [2.45, 2.75) is 41.5 Å². The molecule has 0 aromatic heterocycles. The van der Waals surface area contributed by atoms with Gasteiger partial charge in [0.15, 0.2) is 0 Å². The maximum atomic E-state index is 10.4. The van der Waals surface area contributed by atoms with E-state index in [9.17, 15) is 25.0 Å². The molecule has 10 nitrogen and oxygen atoms in total. The van der Waals surface area contributed by atoms with Gasteiger partial charge in [-0.1, -0.05) is 0 Å². The summed E-state index contributed by atoms with van der Waals surface area (Å²) in [6.45, 7) is 9.90. The molecule has 16 heteroatoms. The number of nitrogens with two attached hydrogens (primary N) is 2. The average molecular weight is 1110 g/mol. The molecule has 4 N–H and O–H groups in total. The van der Waals surface area contributed by atoms with Crippen LogP contribution in [0.2, 0.25) is 0 Å². The summed E-state index contributed by atoms with van der Waals surface area (Å²) < 4.78 is 0. The zero-order valence-corrected chi connectivity index (χ0v) is 30.4. The summed E-state index contributed by atoms with van der Waals surface area (Å²) in [5.74, 6) is -0.347. The van der Waals surface area contributed by atoms with E-state index in [-0.39, 0.29) is 36.4 Å². The molecule has 0 aromatic rings. The van der Waals surface area contributed by atoms with Gasteiger partial charge in [0.2, 0.25) is 18.7 Å². The van der Waals surface area contributed by atoms with E-state index in [2.05, 4.69) is 74.5 Å². The normalized spacial score (nSPS) is 8.87. The Morgan fingerprint density at radius 1 is 1.17 bits per heavy atom. The number of carbonyl (C=O) groups excluding carboxylic acids is 1. The van der Waals surface area contributed by atoms with Crippen LogP contribution in [0, 0.1) is 42.4 Å². The Balaban J connectivity index is -0.0000000642. The molecule has 0 radical (unpaired) electrons. The van der Waals surface area contributed by atoms with Crippen molar-refractivity contribution < 1.29 is 27.9 Å². The summed E-state index contributed by atoms with van der Waals surface area (Å²) in [5, 5.41) is 27.7. The van der Waals surface area contributed by atoms with Crippen molar-refractivity contribution in [1.29, 1.82) is 5.26 Å². The van der Waals surface area contributed by atoms with E-state index in [1.54, 1.807) is 27.7 Å². The molecule has 0 aliphatic heterocycles. The van der Waals surface area contributed by atoms with Gasteiger partial charge in [0.1, 0.15) is 5.41 Å². The molecule has 0 aliphatic rings. The van der Waals surface area contributed by atoms with E-state index in [0.717, 1.165) is 6.20 Å². The Kier molecular flexibility index (Phi) is 43.6. The van der Waals surface area contributed by atoms with Crippen LogP contribution >= 0.6 is 98.4 Å². The van der Waals surface area contributed by atoms with Crippen LogP contribution in [-0.4, -0.2) is 28.8 Å². The zero-order valence-electron chi connectivity index (χ0n) is 17.3. The van der Waals surface area contributed by atoms with Crippen LogP contribution in [0.15, 0.2) is 11.8 Å². The van der Waals surface area contributed by atoms with E-state index in [0.29, 0.717) is 25.4 Å². The first-order valence-electron chi connectivity index (χ1n) is 7.35. The van der Waals surface area contributed by atoms with Crippen LogP contribution in [0.1, 0.15) is 41.5 Å². The quantitative estimate of drug-likeness (QED) is 0.242. The van der Waals surface area contributed by atoms with Gasteiger partial charge in [-0.25, -0.2) is 0 Å². The van der Waals surface area contributed by atoms with Gasteiger partial charge in [-0.15, -0.1) is 24.0 Å². The Hall–Kier alpha value is 1.84. The number of amides is 1. The van der Waals surface area contributed by atoms with Gasteiger partial charge in [0, 0.05) is 48.7 Å². The number of hydrogen-bond donors (Lipinski definition) is 2. The number of allylic oxidation sites excluding steroid dienone is 1. The standard InChI is InChI=1S/C5H8N2O2.C5H12N2O.C4H7NO2.I3.I2.HI/c1-5(2,3-6)4-7(8)9;1-5(2,3-6)4(7)8;1-4(2)3-5(6)7;1-3-2;1-2;/h4H2,1-2H3;3,6H2,1-2H3,(H2,7,8);3H,1-2H3;;;1H/q;;;-1;;. The Labute approximate surface area is 248 Å². The van der Waals surface area contributed by atoms with Crippen LogP contribution in [0.4, 0.5) is 0 Å². The molecular formula is C14H28I6N5O5-. The van der Waals surface area contributed by atoms with Crippen molar-refractivity contribution in [3.05, 3.63) is 32.0 Å². The molecule has 0 aromatic carbocycles. The molecule has 1 amide bonds. The topological polar surface area (TPSA) is 179 Å². The van der Waals surface area contributed by atoms with Crippen molar-refractivity contribution in [3.63, 3.8) is 0 Å². The van der Waals surface area contributed by atoms with Gasteiger partial charge >= 0.3 is 50.5 Å². The van der Waals surface area contributed by atoms with Crippen molar-refractivity contribution in [2.75, 3.05) is 13.1 Å². The predicted molar refractivity (Wildman–Crippen MR) is 161 cm³/mol. The fourth-order valence-electron chi connectivity index (χ4n) is 0.670. The number of nitriles is 1. The van der Waals surface area contributed by atoms with E-state index in [4.69, 9.17) is 16.7 Å². The Bertz CT molecular complexity index is 538. The van der Waals surface area contributed by atoms with Crippen LogP contribution in [0.5, 0.6) is 0 Å². The van der Waals surface area contributed by atoms with Crippen molar-refractivity contribution in [2.24, 2.45) is 22.3 Å². The summed E-state index contributed by atoms with van der Waals surface area (Å²) >= 11 is 9.54. The Morgan fingerprint density at radius 2 is 1.50 bits per heavy atom. The molecule has 30 heavy (non-hydrogen) atoms. The molecule has 0 fully saturated rings. The summed E-state index contributed by atoms with van der Waals surface area (Å²) in [6.07, 6.45) is 0.972. The van der Waals surface area contributed by atoms with Crippen LogP contribution < -0.4 is 24.7 Å². The molecule has 0 saturated carbocycles. The number of nitro groups is 2. The zero-order chi connectivity index (χ0) is 24.8. The van der Waals surface area contributed by atoms with Crippen molar-refractivity contribution >= 4 is 104 Å². The van der Waals surface area contributed by atoms with Crippen LogP contribution in [0.25, 0.3) is 0 Å². The van der Waals surface area contributed by atoms with Gasteiger partial charge in [-0.2, -0.15) is 5.26 Å². The number of nitrogens with zero attached hydrogens (tertiary/aromatic N) is 3. The van der Waals surface area contributed by atoms with Gasteiger partial charge in [0.25, 0.3) is 0 Å². The number of carbonyl (C=O) groups is 1. The molecule has 0 spiro atoms. The van der Waals surface area contributed by atoms with E-state index in [1.165, 1.54) is 13.8 Å². The van der Waals surface area contributed by atoms with Crippen molar-refractivity contribution in [3.8, 4) is 6.07 Å². The van der Waals surface area contributed by atoms with E-state index in [1.807, 2.05) is 6.07 Å². The van der Waals surface area contributed by atoms with Crippen LogP contribution in [0.3, 0.4) is 0 Å². The third-order valence-corrected chi connectivity index (χ3v) is 2.37. The molecule has 0 atom stereocenters. The summed E-state index contributed by atoms with van der Waals surface area (Å²) in [7, 11) is 0. The summed E-state index contributed by atoms with van der Waals surface area (Å²) in [4.78, 5) is 28.8. The van der Waals surface area contributed by atoms with Gasteiger partial charge in [-0.05, 0) is 47.1 Å². The second-order valence-corrected chi connectivity index (χ2v) is 22.7. The second kappa shape index (κ2) is 28.9. The Morgan fingerprint density at radius 3 is 1.53 bits per heavy atom. The average Bonchev–Trinajstić information content (AvgIpc) is 2.56. The SMILES string of the molecule is CC(C)(C#N)C[N+](=O)[O-].CC(C)(CN)C(N)=O.CC(C)=C[N+](=O)[O-].I.II.I[I-]I. The molecule has 0 aliphatic carbocycles. The number of rotatable bonds is 5. The molecular weight excluding hydrogens is 1080 g/mol. The number of primary amides is 1. The molecule has 0 rings (SSSR count). The second-order valence-electron chi connectivity index (χ2n) is 6.48. The number of halogens is 6. The predicted octanol–water partition coefficient (Wildman–Crippen LogP) is 2.62. The van der Waals surface area contributed by atoms with Crippen molar-refractivity contribution in [1.82, 2.24) is 0 Å². The number of hydrogen-bond acceptors (Lipinski definition) is 7. The monoisotopic (exact) mass is 1110 g/mol. The summed E-state index contributed by atoms with van der Waals surface area (Å²) in [5.41, 5.74) is 9.51. The third-order valence-electron chi connectivity index (χ3n) is 2.37. The minimum absolute atomic E-state index is 0. The first-order valence-corrected chi connectivity index (χ1v) is 26.2. The molecule has 0 unspecified atom stereocenters. The fourth-order valence-corrected chi connectivity index (χ4v) is 0.670. The third kappa shape index (κ3) is 47.6. The summed E-state index contributed by atoms with van der Waals surface area (Å²) in [6, 6.07) is 1.83.